The molecule has 0 bridgehead atoms. The van der Waals surface area contributed by atoms with E-state index in [1.54, 1.807) is 0 Å². The van der Waals surface area contributed by atoms with Crippen LogP contribution >= 0.6 is 0 Å². The Morgan fingerprint density at radius 2 is 1.82 bits per heavy atom. The fourth-order valence-electron chi connectivity index (χ4n) is 3.46. The van der Waals surface area contributed by atoms with Crippen molar-refractivity contribution < 1.29 is 9.47 Å². The number of aryl methyl sites for hydroxylation is 1. The van der Waals surface area contributed by atoms with E-state index in [0.29, 0.717) is 13.2 Å². The molecule has 1 atom stereocenters. The van der Waals surface area contributed by atoms with Crippen LogP contribution in [0.2, 0.25) is 0 Å². The molecular formula is C18H28N2O2. The van der Waals surface area contributed by atoms with Crippen LogP contribution in [0, 0.1) is 6.92 Å². The molecule has 1 aromatic carbocycles. The summed E-state index contributed by atoms with van der Waals surface area (Å²) in [6.07, 6.45) is 3.85. The standard InChI is InChI=1S/C18H28N2O2/c1-14-11-17-18(22-10-9-21-17)12-15(14)13-20-7-4-5-16(6-8-20)19(2)3/h11-12,16H,4-10,13H2,1-3H3/t16-/m1/s1. The average molecular weight is 304 g/mol. The minimum absolute atomic E-state index is 0.656. The lowest BCUT2D eigenvalue weighted by atomic mass is 10.1. The van der Waals surface area contributed by atoms with Gasteiger partial charge in [0.2, 0.25) is 0 Å². The van der Waals surface area contributed by atoms with Gasteiger partial charge >= 0.3 is 0 Å². The SMILES string of the molecule is Cc1cc2c(cc1CN1CCC[C@@H](N(C)C)CC1)OCCO2. The van der Waals surface area contributed by atoms with Gasteiger partial charge in [-0.2, -0.15) is 0 Å². The number of benzene rings is 1. The smallest absolute Gasteiger partial charge is 0.161 e. The molecule has 122 valence electrons. The molecule has 0 aromatic heterocycles. The third kappa shape index (κ3) is 3.55. The summed E-state index contributed by atoms with van der Waals surface area (Å²) in [4.78, 5) is 4.96. The molecule has 0 aliphatic carbocycles. The van der Waals surface area contributed by atoms with Gasteiger partial charge in [0.05, 0.1) is 0 Å². The summed E-state index contributed by atoms with van der Waals surface area (Å²) >= 11 is 0. The maximum absolute atomic E-state index is 5.73. The first kappa shape index (κ1) is 15.6. The summed E-state index contributed by atoms with van der Waals surface area (Å²) in [6.45, 7) is 6.87. The Morgan fingerprint density at radius 1 is 1.09 bits per heavy atom. The van der Waals surface area contributed by atoms with E-state index in [9.17, 15) is 0 Å². The molecule has 0 radical (unpaired) electrons. The van der Waals surface area contributed by atoms with E-state index >= 15 is 0 Å². The highest BCUT2D eigenvalue weighted by atomic mass is 16.6. The fourth-order valence-corrected chi connectivity index (χ4v) is 3.46. The second kappa shape index (κ2) is 6.88. The first-order valence-electron chi connectivity index (χ1n) is 8.41. The lowest BCUT2D eigenvalue weighted by molar-refractivity contribution is 0.171. The minimum atomic E-state index is 0.656. The van der Waals surface area contributed by atoms with Crippen molar-refractivity contribution in [2.24, 2.45) is 0 Å². The van der Waals surface area contributed by atoms with Crippen molar-refractivity contribution in [3.63, 3.8) is 0 Å². The van der Waals surface area contributed by atoms with E-state index in [-0.39, 0.29) is 0 Å². The van der Waals surface area contributed by atoms with Gasteiger partial charge in [0.25, 0.3) is 0 Å². The first-order chi connectivity index (χ1) is 10.6. The van der Waals surface area contributed by atoms with Crippen LogP contribution in [0.4, 0.5) is 0 Å². The van der Waals surface area contributed by atoms with Crippen LogP contribution in [0.5, 0.6) is 11.5 Å². The van der Waals surface area contributed by atoms with Gasteiger partial charge in [-0.25, -0.2) is 0 Å². The third-order valence-electron chi connectivity index (χ3n) is 4.92. The largest absolute Gasteiger partial charge is 0.486 e. The van der Waals surface area contributed by atoms with E-state index in [1.165, 1.54) is 43.5 Å². The number of nitrogens with zero attached hydrogens (tertiary/aromatic N) is 2. The van der Waals surface area contributed by atoms with Crippen molar-refractivity contribution in [3.8, 4) is 11.5 Å². The number of likely N-dealkylation sites (tertiary alicyclic amines) is 1. The monoisotopic (exact) mass is 304 g/mol. The highest BCUT2D eigenvalue weighted by molar-refractivity contribution is 5.47. The van der Waals surface area contributed by atoms with Crippen LogP contribution in [0.15, 0.2) is 12.1 Å². The van der Waals surface area contributed by atoms with Crippen LogP contribution < -0.4 is 9.47 Å². The molecule has 2 aliphatic heterocycles. The molecule has 1 fully saturated rings. The molecule has 1 saturated heterocycles. The molecule has 4 heteroatoms. The van der Waals surface area contributed by atoms with Crippen molar-refractivity contribution in [3.05, 3.63) is 23.3 Å². The van der Waals surface area contributed by atoms with Gasteiger partial charge in [-0.05, 0) is 76.6 Å². The van der Waals surface area contributed by atoms with E-state index in [1.807, 2.05) is 0 Å². The van der Waals surface area contributed by atoms with Crippen LogP contribution in [-0.2, 0) is 6.54 Å². The van der Waals surface area contributed by atoms with Crippen molar-refractivity contribution in [1.29, 1.82) is 0 Å². The molecule has 0 N–H and O–H groups in total. The number of rotatable bonds is 3. The Kier molecular flexibility index (Phi) is 4.89. The summed E-state index contributed by atoms with van der Waals surface area (Å²) in [7, 11) is 4.40. The Hall–Kier alpha value is -1.26. The predicted molar refractivity (Wildman–Crippen MR) is 88.8 cm³/mol. The van der Waals surface area contributed by atoms with Gasteiger partial charge < -0.3 is 14.4 Å². The fraction of sp³-hybridized carbons (Fsp3) is 0.667. The summed E-state index contributed by atoms with van der Waals surface area (Å²) in [5.41, 5.74) is 2.67. The van der Waals surface area contributed by atoms with Crippen LogP contribution in [-0.4, -0.2) is 56.2 Å². The summed E-state index contributed by atoms with van der Waals surface area (Å²) < 4.78 is 11.4. The molecule has 0 unspecified atom stereocenters. The van der Waals surface area contributed by atoms with Crippen LogP contribution in [0.3, 0.4) is 0 Å². The van der Waals surface area contributed by atoms with Gasteiger partial charge in [0, 0.05) is 12.6 Å². The maximum Gasteiger partial charge on any atom is 0.161 e. The molecule has 4 nitrogen and oxygen atoms in total. The summed E-state index contributed by atoms with van der Waals surface area (Å²) in [5.74, 6) is 1.81. The Balaban J connectivity index is 1.68. The van der Waals surface area contributed by atoms with Gasteiger partial charge in [-0.15, -0.1) is 0 Å². The van der Waals surface area contributed by atoms with Gasteiger partial charge in [-0.3, -0.25) is 4.90 Å². The number of fused-ring (bicyclic) bond motifs is 1. The third-order valence-corrected chi connectivity index (χ3v) is 4.92. The lowest BCUT2D eigenvalue weighted by Crippen LogP contribution is -2.30. The Bertz CT molecular complexity index is 516. The molecule has 0 amide bonds. The molecule has 2 aliphatic rings. The topological polar surface area (TPSA) is 24.9 Å². The zero-order valence-electron chi connectivity index (χ0n) is 14.1. The second-order valence-electron chi connectivity index (χ2n) is 6.75. The van der Waals surface area contributed by atoms with E-state index in [2.05, 4.69) is 43.0 Å². The quantitative estimate of drug-likeness (QED) is 0.857. The van der Waals surface area contributed by atoms with E-state index < -0.39 is 0 Å². The predicted octanol–water partition coefficient (Wildman–Crippen LogP) is 2.68. The minimum Gasteiger partial charge on any atom is -0.486 e. The number of hydrogen-bond acceptors (Lipinski definition) is 4. The summed E-state index contributed by atoms with van der Waals surface area (Å²) in [6, 6.07) is 5.04. The molecular weight excluding hydrogens is 276 g/mol. The van der Waals surface area contributed by atoms with Gasteiger partial charge in [0.1, 0.15) is 13.2 Å². The zero-order chi connectivity index (χ0) is 15.5. The van der Waals surface area contributed by atoms with E-state index in [4.69, 9.17) is 9.47 Å². The molecule has 3 rings (SSSR count). The number of hydrogen-bond donors (Lipinski definition) is 0. The molecule has 0 spiro atoms. The molecule has 0 saturated carbocycles. The van der Waals surface area contributed by atoms with Crippen LogP contribution in [0.1, 0.15) is 30.4 Å². The van der Waals surface area contributed by atoms with E-state index in [0.717, 1.165) is 24.1 Å². The molecule has 1 aromatic rings. The summed E-state index contributed by atoms with van der Waals surface area (Å²) in [5, 5.41) is 0. The normalized spacial score (nSPS) is 22.6. The highest BCUT2D eigenvalue weighted by Gasteiger charge is 2.20. The average Bonchev–Trinajstić information content (AvgIpc) is 2.74. The van der Waals surface area contributed by atoms with Crippen molar-refractivity contribution in [1.82, 2.24) is 9.80 Å². The Labute approximate surface area is 134 Å². The van der Waals surface area contributed by atoms with Crippen LogP contribution in [0.25, 0.3) is 0 Å². The highest BCUT2D eigenvalue weighted by Crippen LogP contribution is 2.33. The Morgan fingerprint density at radius 3 is 2.55 bits per heavy atom. The van der Waals surface area contributed by atoms with Gasteiger partial charge in [0.15, 0.2) is 11.5 Å². The van der Waals surface area contributed by atoms with Gasteiger partial charge in [-0.1, -0.05) is 0 Å². The van der Waals surface area contributed by atoms with Crippen molar-refractivity contribution >= 4 is 0 Å². The molecule has 2 heterocycles. The van der Waals surface area contributed by atoms with Crippen molar-refractivity contribution in [2.75, 3.05) is 40.4 Å². The second-order valence-corrected chi connectivity index (χ2v) is 6.75. The maximum atomic E-state index is 5.73. The van der Waals surface area contributed by atoms with Crippen molar-refractivity contribution in [2.45, 2.75) is 38.8 Å². The first-order valence-corrected chi connectivity index (χ1v) is 8.41. The zero-order valence-corrected chi connectivity index (χ0v) is 14.1. The lowest BCUT2D eigenvalue weighted by Gasteiger charge is -2.25. The number of ether oxygens (including phenoxy) is 2. The molecule has 22 heavy (non-hydrogen) atoms.